The molecule has 2 N–H and O–H groups in total. The molecule has 0 atom stereocenters. The number of nitrogens with zero attached hydrogens (tertiary/aromatic N) is 2. The van der Waals surface area contributed by atoms with Gasteiger partial charge in [0.05, 0.1) is 18.5 Å². The topological polar surface area (TPSA) is 79.4 Å². The molecule has 0 amide bonds. The van der Waals surface area contributed by atoms with Crippen LogP contribution < -0.4 is 15.7 Å². The molecule has 0 aliphatic heterocycles. The number of rotatable bonds is 8. The Labute approximate surface area is 145 Å². The van der Waals surface area contributed by atoms with E-state index in [1.165, 1.54) is 19.0 Å². The van der Waals surface area contributed by atoms with Crippen LogP contribution in [0.15, 0.2) is 40.4 Å². The third-order valence-corrected chi connectivity index (χ3v) is 3.80. The summed E-state index contributed by atoms with van der Waals surface area (Å²) in [5, 5.41) is 10.2. The maximum Gasteiger partial charge on any atom is 0.285 e. The van der Waals surface area contributed by atoms with E-state index in [1.54, 1.807) is 0 Å². The third kappa shape index (κ3) is 5.09. The number of nitrogens with one attached hydrogen (secondary N) is 2. The SMILES string of the molecule is CCCCCOc1ccc(/C(C)=N\Nc2cn[nH]c(=O)c2Cl)cc1. The van der Waals surface area contributed by atoms with Crippen molar-refractivity contribution in [3.8, 4) is 5.75 Å². The van der Waals surface area contributed by atoms with E-state index in [0.29, 0.717) is 5.69 Å². The summed E-state index contributed by atoms with van der Waals surface area (Å²) < 4.78 is 5.68. The predicted molar refractivity (Wildman–Crippen MR) is 97.2 cm³/mol. The van der Waals surface area contributed by atoms with Crippen molar-refractivity contribution in [2.24, 2.45) is 5.10 Å². The highest BCUT2D eigenvalue weighted by Gasteiger charge is 2.04. The van der Waals surface area contributed by atoms with Crippen LogP contribution in [-0.4, -0.2) is 22.5 Å². The summed E-state index contributed by atoms with van der Waals surface area (Å²) >= 11 is 5.88. The number of H-pyrrole nitrogens is 1. The van der Waals surface area contributed by atoms with Crippen LogP contribution >= 0.6 is 11.6 Å². The lowest BCUT2D eigenvalue weighted by molar-refractivity contribution is 0.306. The summed E-state index contributed by atoms with van der Waals surface area (Å²) in [7, 11) is 0. The van der Waals surface area contributed by atoms with Crippen molar-refractivity contribution in [2.75, 3.05) is 12.0 Å². The van der Waals surface area contributed by atoms with Crippen molar-refractivity contribution in [1.82, 2.24) is 10.2 Å². The largest absolute Gasteiger partial charge is 0.494 e. The first-order valence-electron chi connectivity index (χ1n) is 7.88. The fourth-order valence-corrected chi connectivity index (χ4v) is 2.14. The molecule has 0 fully saturated rings. The highest BCUT2D eigenvalue weighted by atomic mass is 35.5. The molecule has 0 radical (unpaired) electrons. The minimum absolute atomic E-state index is 0.0253. The van der Waals surface area contributed by atoms with Crippen molar-refractivity contribution in [3.05, 3.63) is 51.4 Å². The van der Waals surface area contributed by atoms with Crippen molar-refractivity contribution in [3.63, 3.8) is 0 Å². The molecule has 2 rings (SSSR count). The van der Waals surface area contributed by atoms with Gasteiger partial charge in [-0.15, -0.1) is 0 Å². The Morgan fingerprint density at radius 3 is 2.79 bits per heavy atom. The van der Waals surface area contributed by atoms with Crippen molar-refractivity contribution in [1.29, 1.82) is 0 Å². The monoisotopic (exact) mass is 348 g/mol. The van der Waals surface area contributed by atoms with Crippen LogP contribution in [0.2, 0.25) is 5.02 Å². The van der Waals surface area contributed by atoms with Gasteiger partial charge in [-0.3, -0.25) is 10.2 Å². The van der Waals surface area contributed by atoms with Crippen LogP contribution in [0.3, 0.4) is 0 Å². The number of ether oxygens (including phenoxy) is 1. The van der Waals surface area contributed by atoms with E-state index in [2.05, 4.69) is 27.6 Å². The van der Waals surface area contributed by atoms with E-state index in [4.69, 9.17) is 16.3 Å². The van der Waals surface area contributed by atoms with Gasteiger partial charge in [0.1, 0.15) is 16.5 Å². The first-order valence-corrected chi connectivity index (χ1v) is 8.26. The van der Waals surface area contributed by atoms with E-state index >= 15 is 0 Å². The minimum atomic E-state index is -0.459. The van der Waals surface area contributed by atoms with Crippen LogP contribution in [-0.2, 0) is 0 Å². The maximum absolute atomic E-state index is 11.4. The number of hydrazone groups is 1. The normalized spacial score (nSPS) is 11.4. The fourth-order valence-electron chi connectivity index (χ4n) is 2.00. The second-order valence-electron chi connectivity index (χ2n) is 5.32. The molecule has 2 aromatic rings. The molecule has 7 heteroatoms. The van der Waals surface area contributed by atoms with E-state index < -0.39 is 5.56 Å². The summed E-state index contributed by atoms with van der Waals surface area (Å²) in [5.74, 6) is 0.845. The molecule has 0 aliphatic carbocycles. The van der Waals surface area contributed by atoms with Crippen molar-refractivity contribution in [2.45, 2.75) is 33.1 Å². The zero-order valence-corrected chi connectivity index (χ0v) is 14.6. The summed E-state index contributed by atoms with van der Waals surface area (Å²) in [4.78, 5) is 11.4. The van der Waals surface area contributed by atoms with Gasteiger partial charge in [-0.2, -0.15) is 10.2 Å². The summed E-state index contributed by atoms with van der Waals surface area (Å²) in [6.45, 7) is 4.76. The third-order valence-electron chi connectivity index (χ3n) is 3.43. The Bertz CT molecular complexity index is 741. The first-order chi connectivity index (χ1) is 11.6. The van der Waals surface area contributed by atoms with E-state index in [0.717, 1.165) is 30.1 Å². The summed E-state index contributed by atoms with van der Waals surface area (Å²) in [6, 6.07) is 7.71. The van der Waals surface area contributed by atoms with E-state index in [1.807, 2.05) is 31.2 Å². The van der Waals surface area contributed by atoms with Gasteiger partial charge in [-0.1, -0.05) is 31.4 Å². The van der Waals surface area contributed by atoms with E-state index in [-0.39, 0.29) is 5.02 Å². The number of hydrogen-bond acceptors (Lipinski definition) is 5. The predicted octanol–water partition coefficient (Wildman–Crippen LogP) is 3.83. The van der Waals surface area contributed by atoms with E-state index in [9.17, 15) is 4.79 Å². The summed E-state index contributed by atoms with van der Waals surface area (Å²) in [5.41, 5.74) is 4.35. The zero-order valence-electron chi connectivity index (χ0n) is 13.8. The molecule has 128 valence electrons. The van der Waals surface area contributed by atoms with Gasteiger partial charge in [0.2, 0.25) is 0 Å². The highest BCUT2D eigenvalue weighted by molar-refractivity contribution is 6.32. The average molecular weight is 349 g/mol. The molecule has 0 saturated carbocycles. The first kappa shape index (κ1) is 18.0. The lowest BCUT2D eigenvalue weighted by Gasteiger charge is -2.07. The zero-order chi connectivity index (χ0) is 17.4. The van der Waals surface area contributed by atoms with Crippen molar-refractivity contribution < 1.29 is 4.74 Å². The van der Waals surface area contributed by atoms with Crippen LogP contribution in [0.5, 0.6) is 5.75 Å². The van der Waals surface area contributed by atoms with Gasteiger partial charge in [-0.25, -0.2) is 5.10 Å². The number of anilines is 1. The van der Waals surface area contributed by atoms with Crippen LogP contribution in [0.1, 0.15) is 38.7 Å². The minimum Gasteiger partial charge on any atom is -0.494 e. The lowest BCUT2D eigenvalue weighted by Crippen LogP contribution is -2.10. The van der Waals surface area contributed by atoms with Crippen LogP contribution in [0.4, 0.5) is 5.69 Å². The molecule has 0 aliphatic rings. The average Bonchev–Trinajstić information content (AvgIpc) is 2.60. The Morgan fingerprint density at radius 2 is 2.08 bits per heavy atom. The van der Waals surface area contributed by atoms with Gasteiger partial charge in [0.25, 0.3) is 5.56 Å². The smallest absolute Gasteiger partial charge is 0.285 e. The summed E-state index contributed by atoms with van der Waals surface area (Å²) in [6.07, 6.45) is 4.83. The van der Waals surface area contributed by atoms with Gasteiger partial charge in [-0.05, 0) is 43.2 Å². The number of halogens is 1. The van der Waals surface area contributed by atoms with Crippen molar-refractivity contribution >= 4 is 23.0 Å². The number of unbranched alkanes of at least 4 members (excludes halogenated alkanes) is 2. The Balaban J connectivity index is 1.97. The number of hydrogen-bond donors (Lipinski definition) is 2. The molecule has 6 nitrogen and oxygen atoms in total. The molecule has 0 unspecified atom stereocenters. The molecule has 1 aromatic heterocycles. The van der Waals surface area contributed by atoms with Gasteiger partial charge >= 0.3 is 0 Å². The van der Waals surface area contributed by atoms with Crippen LogP contribution in [0, 0.1) is 0 Å². The molecule has 24 heavy (non-hydrogen) atoms. The van der Waals surface area contributed by atoms with Gasteiger partial charge in [0, 0.05) is 0 Å². The standard InChI is InChI=1S/C17H21ClN4O2/c1-3-4-5-10-24-14-8-6-13(7-9-14)12(2)20-21-15-11-19-22-17(23)16(15)18/h6-9,11H,3-5,10H2,1-2H3,(H2,21,22,23)/b20-12-. The molecule has 1 aromatic carbocycles. The Hall–Kier alpha value is -2.34. The molecule has 0 saturated heterocycles. The lowest BCUT2D eigenvalue weighted by atomic mass is 10.1. The van der Waals surface area contributed by atoms with Gasteiger partial charge in [0.15, 0.2) is 0 Å². The maximum atomic E-state index is 11.4. The quantitative estimate of drug-likeness (QED) is 0.431. The molecule has 1 heterocycles. The van der Waals surface area contributed by atoms with Gasteiger partial charge < -0.3 is 4.74 Å². The molecular weight excluding hydrogens is 328 g/mol. The highest BCUT2D eigenvalue weighted by Crippen LogP contribution is 2.16. The number of aromatic nitrogens is 2. The second-order valence-corrected chi connectivity index (χ2v) is 5.69. The Morgan fingerprint density at radius 1 is 1.33 bits per heavy atom. The molecular formula is C17H21ClN4O2. The number of aromatic amines is 1. The Kier molecular flexibility index (Phi) is 6.81. The fraction of sp³-hybridized carbons (Fsp3) is 0.353. The molecule has 0 bridgehead atoms. The van der Waals surface area contributed by atoms with Crippen LogP contribution in [0.25, 0.3) is 0 Å². The second kappa shape index (κ2) is 9.08. The number of benzene rings is 1. The molecule has 0 spiro atoms.